The molecule has 4 N–H and O–H groups in total. The van der Waals surface area contributed by atoms with Crippen LogP contribution in [0.5, 0.6) is 23.0 Å². The molecule has 4 aromatic carbocycles. The summed E-state index contributed by atoms with van der Waals surface area (Å²) in [5.41, 5.74) is 8.16. The molecule has 6 heteroatoms. The monoisotopic (exact) mass is 532 g/mol. The summed E-state index contributed by atoms with van der Waals surface area (Å²) in [7, 11) is 1.63. The van der Waals surface area contributed by atoms with Crippen molar-refractivity contribution >= 4 is 0 Å². The van der Waals surface area contributed by atoms with Crippen LogP contribution in [0.3, 0.4) is 0 Å². The molecule has 0 aromatic heterocycles. The predicted octanol–water partition coefficient (Wildman–Crippen LogP) is 7.29. The molecule has 0 spiro atoms. The van der Waals surface area contributed by atoms with Crippen molar-refractivity contribution in [1.29, 1.82) is 0 Å². The van der Waals surface area contributed by atoms with Crippen LogP contribution in [-0.4, -0.2) is 27.5 Å². The third kappa shape index (κ3) is 10.0. The smallest absolute Gasteiger partial charge is 0.124 e. The highest BCUT2D eigenvalue weighted by Gasteiger charge is 2.15. The Bertz CT molecular complexity index is 1300. The molecule has 0 bridgehead atoms. The summed E-state index contributed by atoms with van der Waals surface area (Å²) in [5.74, 6) is 1.46. The standard InChI is InChI=1S/C9H10O2.C9H12O.C8H10O2.C7H8O/c1-6-2-3-7-4-11-5-8(7)9(6)10;1-6-4-5-7(2)9(10)8(6)3;1-10-6-7-3-2-4-8(9)5-7;1-6-3-2-4-7(8)5-6/h2-3,10H,4-5H2,1H3;4-5,10H,1-3H3;2-5,9H,6H2,1H3;2-5,8H,1H3. The van der Waals surface area contributed by atoms with Crippen LogP contribution < -0.4 is 0 Å². The molecule has 6 nitrogen and oxygen atoms in total. The molecule has 0 atom stereocenters. The number of phenolic OH excluding ortho intramolecular Hbond substituents is 4. The predicted molar refractivity (Wildman–Crippen MR) is 155 cm³/mol. The van der Waals surface area contributed by atoms with Gasteiger partial charge in [0.05, 0.1) is 19.8 Å². The summed E-state index contributed by atoms with van der Waals surface area (Å²) < 4.78 is 10.1. The van der Waals surface area contributed by atoms with Crippen LogP contribution in [0.15, 0.2) is 72.8 Å². The number of aryl methyl sites for hydroxylation is 4. The van der Waals surface area contributed by atoms with Crippen LogP contribution >= 0.6 is 0 Å². The number of aromatic hydroxyl groups is 4. The molecule has 0 saturated carbocycles. The van der Waals surface area contributed by atoms with Gasteiger partial charge in [0.25, 0.3) is 0 Å². The first kappa shape index (κ1) is 31.2. The fraction of sp³-hybridized carbons (Fsp3) is 0.273. The number of methoxy groups -OCH3 is 1. The molecule has 1 aliphatic rings. The summed E-state index contributed by atoms with van der Waals surface area (Å²) in [5, 5.41) is 36.7. The molecular formula is C33H40O6. The minimum atomic E-state index is 0.287. The fourth-order valence-electron chi connectivity index (χ4n) is 3.73. The minimum Gasteiger partial charge on any atom is -0.508 e. The van der Waals surface area contributed by atoms with E-state index in [-0.39, 0.29) is 5.75 Å². The summed E-state index contributed by atoms with van der Waals surface area (Å²) in [6.07, 6.45) is 0. The lowest BCUT2D eigenvalue weighted by atomic mass is 10.1. The van der Waals surface area contributed by atoms with Crippen molar-refractivity contribution in [3.63, 3.8) is 0 Å². The highest BCUT2D eigenvalue weighted by Crippen LogP contribution is 2.30. The number of hydrogen-bond acceptors (Lipinski definition) is 6. The second-order valence-corrected chi connectivity index (χ2v) is 9.48. The molecule has 1 heterocycles. The maximum absolute atomic E-state index is 9.54. The molecule has 0 fully saturated rings. The molecule has 0 saturated heterocycles. The number of fused-ring (bicyclic) bond motifs is 1. The molecule has 208 valence electrons. The van der Waals surface area contributed by atoms with Gasteiger partial charge in [-0.15, -0.1) is 0 Å². The van der Waals surface area contributed by atoms with E-state index >= 15 is 0 Å². The number of benzene rings is 4. The van der Waals surface area contributed by atoms with Gasteiger partial charge in [0, 0.05) is 12.7 Å². The lowest BCUT2D eigenvalue weighted by Crippen LogP contribution is -1.85. The Morgan fingerprint density at radius 2 is 1.26 bits per heavy atom. The van der Waals surface area contributed by atoms with E-state index in [4.69, 9.17) is 19.7 Å². The van der Waals surface area contributed by atoms with Crippen LogP contribution in [0.2, 0.25) is 0 Å². The van der Waals surface area contributed by atoms with Gasteiger partial charge in [-0.3, -0.25) is 0 Å². The van der Waals surface area contributed by atoms with E-state index in [9.17, 15) is 10.2 Å². The van der Waals surface area contributed by atoms with E-state index in [0.717, 1.165) is 44.5 Å². The van der Waals surface area contributed by atoms with E-state index in [1.165, 1.54) is 0 Å². The van der Waals surface area contributed by atoms with Crippen molar-refractivity contribution in [1.82, 2.24) is 0 Å². The molecule has 1 aliphatic heterocycles. The minimum absolute atomic E-state index is 0.287. The molecule has 5 rings (SSSR count). The van der Waals surface area contributed by atoms with E-state index in [0.29, 0.717) is 37.1 Å². The van der Waals surface area contributed by atoms with Crippen LogP contribution in [0.4, 0.5) is 0 Å². The number of phenols is 4. The lowest BCUT2D eigenvalue weighted by Gasteiger charge is -2.04. The Kier molecular flexibility index (Phi) is 12.3. The SMILES string of the molecule is COCc1cccc(O)c1.Cc1ccc(C)c(O)c1C.Cc1ccc2c(c1O)COC2.Cc1cccc(O)c1. The van der Waals surface area contributed by atoms with Gasteiger partial charge in [0.1, 0.15) is 23.0 Å². The van der Waals surface area contributed by atoms with Gasteiger partial charge >= 0.3 is 0 Å². The van der Waals surface area contributed by atoms with Crippen LogP contribution in [0.1, 0.15) is 44.5 Å². The molecule has 0 radical (unpaired) electrons. The number of ether oxygens (including phenoxy) is 2. The molecule has 0 amide bonds. The Morgan fingerprint density at radius 3 is 1.82 bits per heavy atom. The zero-order valence-electron chi connectivity index (χ0n) is 23.7. The first-order chi connectivity index (χ1) is 18.5. The maximum Gasteiger partial charge on any atom is 0.124 e. The second-order valence-electron chi connectivity index (χ2n) is 9.48. The summed E-state index contributed by atoms with van der Waals surface area (Å²) in [6, 6.07) is 22.1. The van der Waals surface area contributed by atoms with Gasteiger partial charge in [-0.2, -0.15) is 0 Å². The molecular weight excluding hydrogens is 492 g/mol. The Hall–Kier alpha value is -4.00. The summed E-state index contributed by atoms with van der Waals surface area (Å²) in [4.78, 5) is 0. The average Bonchev–Trinajstić information content (AvgIpc) is 3.38. The van der Waals surface area contributed by atoms with E-state index in [2.05, 4.69) is 0 Å². The van der Waals surface area contributed by atoms with E-state index in [1.807, 2.05) is 77.1 Å². The van der Waals surface area contributed by atoms with Crippen LogP contribution in [0.25, 0.3) is 0 Å². The quantitative estimate of drug-likeness (QED) is 0.216. The highest BCUT2D eigenvalue weighted by atomic mass is 16.5. The number of hydrogen-bond donors (Lipinski definition) is 4. The highest BCUT2D eigenvalue weighted by molar-refractivity contribution is 5.45. The summed E-state index contributed by atoms with van der Waals surface area (Å²) in [6.45, 7) is 11.4. The van der Waals surface area contributed by atoms with Crippen molar-refractivity contribution in [2.24, 2.45) is 0 Å². The van der Waals surface area contributed by atoms with E-state index in [1.54, 1.807) is 37.4 Å². The fourth-order valence-corrected chi connectivity index (χ4v) is 3.73. The van der Waals surface area contributed by atoms with Gasteiger partial charge in [-0.1, -0.05) is 48.5 Å². The zero-order chi connectivity index (χ0) is 28.9. The average molecular weight is 533 g/mol. The molecule has 0 aliphatic carbocycles. The first-order valence-corrected chi connectivity index (χ1v) is 12.7. The van der Waals surface area contributed by atoms with Crippen molar-refractivity contribution in [3.05, 3.63) is 117 Å². The third-order valence-electron chi connectivity index (χ3n) is 6.21. The number of rotatable bonds is 2. The zero-order valence-corrected chi connectivity index (χ0v) is 23.7. The van der Waals surface area contributed by atoms with Crippen molar-refractivity contribution in [2.75, 3.05) is 7.11 Å². The van der Waals surface area contributed by atoms with Gasteiger partial charge in [0.15, 0.2) is 0 Å². The van der Waals surface area contributed by atoms with Gasteiger partial charge in [-0.25, -0.2) is 0 Å². The van der Waals surface area contributed by atoms with Crippen LogP contribution in [-0.2, 0) is 29.3 Å². The topological polar surface area (TPSA) is 99.4 Å². The second kappa shape index (κ2) is 15.4. The van der Waals surface area contributed by atoms with Gasteiger partial charge in [-0.05, 0) is 97.8 Å². The van der Waals surface area contributed by atoms with Gasteiger partial charge < -0.3 is 29.9 Å². The molecule has 39 heavy (non-hydrogen) atoms. The lowest BCUT2D eigenvalue weighted by molar-refractivity contribution is 0.133. The van der Waals surface area contributed by atoms with Gasteiger partial charge in [0.2, 0.25) is 0 Å². The first-order valence-electron chi connectivity index (χ1n) is 12.7. The maximum atomic E-state index is 9.54. The largest absolute Gasteiger partial charge is 0.508 e. The Labute approximate surface area is 231 Å². The van der Waals surface area contributed by atoms with Crippen molar-refractivity contribution in [2.45, 2.75) is 54.4 Å². The normalized spacial score (nSPS) is 11.1. The van der Waals surface area contributed by atoms with Crippen molar-refractivity contribution in [3.8, 4) is 23.0 Å². The molecule has 0 unspecified atom stereocenters. The molecule has 4 aromatic rings. The Balaban J connectivity index is 0.000000184. The third-order valence-corrected chi connectivity index (χ3v) is 6.21. The Morgan fingerprint density at radius 1 is 0.667 bits per heavy atom. The van der Waals surface area contributed by atoms with E-state index < -0.39 is 0 Å². The van der Waals surface area contributed by atoms with Crippen LogP contribution in [0, 0.1) is 34.6 Å². The van der Waals surface area contributed by atoms with Crippen molar-refractivity contribution < 1.29 is 29.9 Å². The summed E-state index contributed by atoms with van der Waals surface area (Å²) >= 11 is 0.